The monoisotopic (exact) mass is 328 g/mol. The molecule has 3 rings (SSSR count). The van der Waals surface area contributed by atoms with Gasteiger partial charge in [-0.3, -0.25) is 14.0 Å². The van der Waals surface area contributed by atoms with Crippen molar-refractivity contribution in [3.8, 4) is 0 Å². The Morgan fingerprint density at radius 3 is 2.88 bits per heavy atom. The van der Waals surface area contributed by atoms with Crippen LogP contribution in [0.5, 0.6) is 0 Å². The van der Waals surface area contributed by atoms with E-state index in [2.05, 4.69) is 10.4 Å². The number of oxazole rings is 1. The van der Waals surface area contributed by atoms with Crippen LogP contribution in [0, 0.1) is 6.92 Å². The zero-order chi connectivity index (χ0) is 17.1. The van der Waals surface area contributed by atoms with Crippen molar-refractivity contribution in [2.24, 2.45) is 0 Å². The lowest BCUT2D eigenvalue weighted by Gasteiger charge is -2.14. The number of nitrogens with zero attached hydrogens (tertiary/aromatic N) is 3. The van der Waals surface area contributed by atoms with E-state index in [1.807, 2.05) is 38.1 Å². The molecule has 126 valence electrons. The summed E-state index contributed by atoms with van der Waals surface area (Å²) in [6.45, 7) is 4.71. The maximum absolute atomic E-state index is 12.1. The number of para-hydroxylation sites is 2. The van der Waals surface area contributed by atoms with Gasteiger partial charge in [0.25, 0.3) is 0 Å². The lowest BCUT2D eigenvalue weighted by atomic mass is 10.2. The second kappa shape index (κ2) is 6.74. The summed E-state index contributed by atoms with van der Waals surface area (Å²) in [5.41, 5.74) is 2.30. The molecule has 0 fully saturated rings. The van der Waals surface area contributed by atoms with Crippen LogP contribution in [0.25, 0.3) is 11.1 Å². The molecule has 1 N–H and O–H groups in total. The Hall–Kier alpha value is -2.83. The van der Waals surface area contributed by atoms with E-state index in [9.17, 15) is 9.59 Å². The first-order chi connectivity index (χ1) is 11.5. The number of amides is 1. The summed E-state index contributed by atoms with van der Waals surface area (Å²) in [5, 5.41) is 7.06. The second-order valence-corrected chi connectivity index (χ2v) is 5.86. The number of benzene rings is 1. The van der Waals surface area contributed by atoms with Gasteiger partial charge in [0.2, 0.25) is 5.91 Å². The fourth-order valence-electron chi connectivity index (χ4n) is 2.69. The highest BCUT2D eigenvalue weighted by Gasteiger charge is 2.14. The molecule has 0 radical (unpaired) electrons. The molecular formula is C17H20N4O3. The van der Waals surface area contributed by atoms with Crippen LogP contribution in [0.15, 0.2) is 45.7 Å². The molecule has 0 saturated heterocycles. The van der Waals surface area contributed by atoms with Gasteiger partial charge in [0, 0.05) is 37.4 Å². The zero-order valence-electron chi connectivity index (χ0n) is 13.7. The van der Waals surface area contributed by atoms with Crippen molar-refractivity contribution in [2.45, 2.75) is 39.4 Å². The molecule has 0 saturated carbocycles. The maximum atomic E-state index is 12.1. The van der Waals surface area contributed by atoms with Gasteiger partial charge < -0.3 is 9.73 Å². The number of aryl methyl sites for hydroxylation is 2. The molecule has 0 unspecified atom stereocenters. The first-order valence-electron chi connectivity index (χ1n) is 7.91. The summed E-state index contributed by atoms with van der Waals surface area (Å²) >= 11 is 0. The molecule has 2 heterocycles. The van der Waals surface area contributed by atoms with Crippen molar-refractivity contribution in [3.05, 3.63) is 52.8 Å². The molecule has 24 heavy (non-hydrogen) atoms. The quantitative estimate of drug-likeness (QED) is 0.746. The first-order valence-corrected chi connectivity index (χ1v) is 7.91. The third-order valence-electron chi connectivity index (χ3n) is 3.92. The second-order valence-electron chi connectivity index (χ2n) is 5.86. The van der Waals surface area contributed by atoms with Gasteiger partial charge in [0.05, 0.1) is 5.52 Å². The minimum atomic E-state index is -0.413. The largest absolute Gasteiger partial charge is 0.420 e. The number of aromatic nitrogens is 3. The Morgan fingerprint density at radius 2 is 2.12 bits per heavy atom. The molecular weight excluding hydrogens is 308 g/mol. The summed E-state index contributed by atoms with van der Waals surface area (Å²) in [4.78, 5) is 24.0. The lowest BCUT2D eigenvalue weighted by Crippen LogP contribution is -2.37. The summed E-state index contributed by atoms with van der Waals surface area (Å²) in [5.74, 6) is -0.484. The van der Waals surface area contributed by atoms with Crippen molar-refractivity contribution in [3.63, 3.8) is 0 Å². The lowest BCUT2D eigenvalue weighted by molar-refractivity contribution is -0.122. The number of carbonyl (C=O) groups excluding carboxylic acids is 1. The van der Waals surface area contributed by atoms with E-state index in [0.29, 0.717) is 25.1 Å². The van der Waals surface area contributed by atoms with Gasteiger partial charge in [-0.1, -0.05) is 12.1 Å². The molecule has 1 amide bonds. The van der Waals surface area contributed by atoms with Gasteiger partial charge in [-0.05, 0) is 32.0 Å². The number of rotatable bonds is 6. The Bertz CT molecular complexity index is 906. The summed E-state index contributed by atoms with van der Waals surface area (Å²) < 4.78 is 8.53. The highest BCUT2D eigenvalue weighted by atomic mass is 16.4. The molecule has 0 aliphatic carbocycles. The van der Waals surface area contributed by atoms with Gasteiger partial charge in [0.1, 0.15) is 0 Å². The topological polar surface area (TPSA) is 82.1 Å². The van der Waals surface area contributed by atoms with Crippen LogP contribution in [0.1, 0.15) is 19.0 Å². The third-order valence-corrected chi connectivity index (χ3v) is 3.92. The molecule has 3 aromatic rings. The van der Waals surface area contributed by atoms with E-state index in [1.165, 1.54) is 4.57 Å². The normalized spacial score (nSPS) is 12.4. The molecule has 0 bridgehead atoms. The molecule has 0 spiro atoms. The van der Waals surface area contributed by atoms with Crippen molar-refractivity contribution in [2.75, 3.05) is 0 Å². The van der Waals surface area contributed by atoms with Crippen LogP contribution < -0.4 is 11.1 Å². The molecule has 0 aliphatic rings. The van der Waals surface area contributed by atoms with E-state index in [-0.39, 0.29) is 11.9 Å². The van der Waals surface area contributed by atoms with Crippen LogP contribution in [-0.4, -0.2) is 26.3 Å². The molecule has 7 nitrogen and oxygen atoms in total. The maximum Gasteiger partial charge on any atom is 0.420 e. The van der Waals surface area contributed by atoms with Crippen LogP contribution in [-0.2, 0) is 17.9 Å². The van der Waals surface area contributed by atoms with Gasteiger partial charge in [-0.15, -0.1) is 0 Å². The average molecular weight is 328 g/mol. The highest BCUT2D eigenvalue weighted by molar-refractivity contribution is 5.76. The molecule has 2 aromatic heterocycles. The Kier molecular flexibility index (Phi) is 4.50. The average Bonchev–Trinajstić information content (AvgIpc) is 3.09. The smallest absolute Gasteiger partial charge is 0.408 e. The van der Waals surface area contributed by atoms with Crippen LogP contribution in [0.4, 0.5) is 0 Å². The van der Waals surface area contributed by atoms with Crippen LogP contribution in [0.3, 0.4) is 0 Å². The standard InChI is InChI=1S/C17H20N4O3/c1-12(19-16(22)8-10-21-13(2)7-9-18-21)11-20-14-5-3-4-6-15(14)24-17(20)23/h3-7,9,12H,8,10-11H2,1-2H3,(H,19,22)/t12-/m1/s1. The van der Waals surface area contributed by atoms with Gasteiger partial charge in [-0.25, -0.2) is 4.79 Å². The fraction of sp³-hybridized carbons (Fsp3) is 0.353. The van der Waals surface area contributed by atoms with Crippen molar-refractivity contribution < 1.29 is 9.21 Å². The van der Waals surface area contributed by atoms with Crippen molar-refractivity contribution >= 4 is 17.0 Å². The van der Waals surface area contributed by atoms with Crippen molar-refractivity contribution in [1.82, 2.24) is 19.7 Å². The van der Waals surface area contributed by atoms with E-state index in [4.69, 9.17) is 4.42 Å². The highest BCUT2D eigenvalue weighted by Crippen LogP contribution is 2.12. The van der Waals surface area contributed by atoms with Gasteiger partial charge in [0.15, 0.2) is 5.58 Å². The molecule has 0 aliphatic heterocycles. The molecule has 1 aromatic carbocycles. The SMILES string of the molecule is Cc1ccnn1CCC(=O)N[C@H](C)Cn1c(=O)oc2ccccc21. The number of hydrogen-bond donors (Lipinski definition) is 1. The van der Waals surface area contributed by atoms with Crippen LogP contribution in [0.2, 0.25) is 0 Å². The molecule has 7 heteroatoms. The number of hydrogen-bond acceptors (Lipinski definition) is 4. The van der Waals surface area contributed by atoms with E-state index in [0.717, 1.165) is 11.2 Å². The number of nitrogens with one attached hydrogen (secondary N) is 1. The van der Waals surface area contributed by atoms with E-state index in [1.54, 1.807) is 16.9 Å². The number of carbonyl (C=O) groups is 1. The Labute approximate surface area is 138 Å². The summed E-state index contributed by atoms with van der Waals surface area (Å²) in [6, 6.07) is 8.96. The third kappa shape index (κ3) is 3.40. The van der Waals surface area contributed by atoms with Crippen LogP contribution >= 0.6 is 0 Å². The predicted octanol–water partition coefficient (Wildman–Crippen LogP) is 1.69. The zero-order valence-corrected chi connectivity index (χ0v) is 13.7. The Balaban J connectivity index is 1.59. The van der Waals surface area contributed by atoms with Crippen molar-refractivity contribution in [1.29, 1.82) is 0 Å². The van der Waals surface area contributed by atoms with E-state index < -0.39 is 5.76 Å². The minimum absolute atomic E-state index is 0.0711. The van der Waals surface area contributed by atoms with E-state index >= 15 is 0 Å². The fourth-order valence-corrected chi connectivity index (χ4v) is 2.69. The summed E-state index contributed by atoms with van der Waals surface area (Å²) in [6.07, 6.45) is 2.06. The Morgan fingerprint density at radius 1 is 1.33 bits per heavy atom. The first kappa shape index (κ1) is 16.0. The predicted molar refractivity (Wildman–Crippen MR) is 89.7 cm³/mol. The summed E-state index contributed by atoms with van der Waals surface area (Å²) in [7, 11) is 0. The minimum Gasteiger partial charge on any atom is -0.408 e. The number of fused-ring (bicyclic) bond motifs is 1. The van der Waals surface area contributed by atoms with Gasteiger partial charge >= 0.3 is 5.76 Å². The molecule has 1 atom stereocenters. The van der Waals surface area contributed by atoms with Gasteiger partial charge in [-0.2, -0.15) is 5.10 Å².